The van der Waals surface area contributed by atoms with Crippen LogP contribution in [-0.4, -0.2) is 30.6 Å². The summed E-state index contributed by atoms with van der Waals surface area (Å²) in [6, 6.07) is 16.2. The van der Waals surface area contributed by atoms with E-state index in [1.807, 2.05) is 61.2 Å². The van der Waals surface area contributed by atoms with E-state index in [4.69, 9.17) is 9.47 Å². The number of hydrogen-bond acceptors (Lipinski definition) is 3. The van der Waals surface area contributed by atoms with Crippen molar-refractivity contribution in [3.8, 4) is 11.5 Å². The summed E-state index contributed by atoms with van der Waals surface area (Å²) in [6.45, 7) is 5.85. The minimum absolute atomic E-state index is 0.0493. The molecule has 4 nitrogen and oxygen atoms in total. The largest absolute Gasteiger partial charge is 0.490 e. The Kier molecular flexibility index (Phi) is 6.53. The van der Waals surface area contributed by atoms with Crippen LogP contribution in [0.15, 0.2) is 54.6 Å². The van der Waals surface area contributed by atoms with Crippen LogP contribution in [0.3, 0.4) is 0 Å². The quantitative estimate of drug-likeness (QED) is 0.658. The number of nitrogens with zero attached hydrogens (tertiary/aromatic N) is 1. The Labute approximate surface area is 161 Å². The van der Waals surface area contributed by atoms with E-state index in [1.54, 1.807) is 6.08 Å². The molecule has 1 fully saturated rings. The van der Waals surface area contributed by atoms with Crippen molar-refractivity contribution in [1.29, 1.82) is 0 Å². The predicted molar refractivity (Wildman–Crippen MR) is 108 cm³/mol. The van der Waals surface area contributed by atoms with Gasteiger partial charge in [-0.15, -0.1) is 0 Å². The summed E-state index contributed by atoms with van der Waals surface area (Å²) in [7, 11) is 0. The molecule has 3 rings (SSSR count). The third-order valence-corrected chi connectivity index (χ3v) is 4.71. The first-order valence-corrected chi connectivity index (χ1v) is 9.66. The van der Waals surface area contributed by atoms with Crippen molar-refractivity contribution in [2.75, 3.05) is 19.8 Å². The maximum absolute atomic E-state index is 12.8. The Morgan fingerprint density at radius 1 is 1.07 bits per heavy atom. The molecule has 1 heterocycles. The van der Waals surface area contributed by atoms with Crippen LogP contribution in [0.4, 0.5) is 0 Å². The SMILES string of the molecule is CCOc1ccc(/C=C/C(=O)N2CCCC2c2ccccc2)cc1OCC. The number of benzene rings is 2. The Bertz CT molecular complexity index is 785. The van der Waals surface area contributed by atoms with E-state index >= 15 is 0 Å². The lowest BCUT2D eigenvalue weighted by Gasteiger charge is -2.23. The van der Waals surface area contributed by atoms with E-state index in [-0.39, 0.29) is 11.9 Å². The number of amides is 1. The smallest absolute Gasteiger partial charge is 0.247 e. The summed E-state index contributed by atoms with van der Waals surface area (Å²) in [4.78, 5) is 14.7. The molecule has 27 heavy (non-hydrogen) atoms. The van der Waals surface area contributed by atoms with Crippen LogP contribution in [0, 0.1) is 0 Å². The second-order valence-electron chi connectivity index (χ2n) is 6.51. The highest BCUT2D eigenvalue weighted by molar-refractivity contribution is 5.92. The average Bonchev–Trinajstić information content (AvgIpc) is 3.19. The minimum Gasteiger partial charge on any atom is -0.490 e. The van der Waals surface area contributed by atoms with Gasteiger partial charge in [-0.25, -0.2) is 0 Å². The summed E-state index contributed by atoms with van der Waals surface area (Å²) in [6.07, 6.45) is 5.56. The molecule has 0 N–H and O–H groups in total. The molecule has 0 bridgehead atoms. The van der Waals surface area contributed by atoms with E-state index in [9.17, 15) is 4.79 Å². The van der Waals surface area contributed by atoms with Crippen molar-refractivity contribution in [2.24, 2.45) is 0 Å². The van der Waals surface area contributed by atoms with Gasteiger partial charge in [0.05, 0.1) is 19.3 Å². The summed E-state index contributed by atoms with van der Waals surface area (Å²) in [5.41, 5.74) is 2.13. The zero-order valence-corrected chi connectivity index (χ0v) is 16.1. The van der Waals surface area contributed by atoms with Crippen LogP contribution in [-0.2, 0) is 4.79 Å². The van der Waals surface area contributed by atoms with Crippen molar-refractivity contribution in [1.82, 2.24) is 4.90 Å². The van der Waals surface area contributed by atoms with Crippen molar-refractivity contribution < 1.29 is 14.3 Å². The Morgan fingerprint density at radius 3 is 2.56 bits per heavy atom. The van der Waals surface area contributed by atoms with E-state index in [0.29, 0.717) is 19.0 Å². The average molecular weight is 365 g/mol. The van der Waals surface area contributed by atoms with Gasteiger partial charge >= 0.3 is 0 Å². The highest BCUT2D eigenvalue weighted by Crippen LogP contribution is 2.32. The Balaban J connectivity index is 1.73. The van der Waals surface area contributed by atoms with E-state index in [0.717, 1.165) is 30.7 Å². The minimum atomic E-state index is 0.0493. The number of hydrogen-bond donors (Lipinski definition) is 0. The molecule has 0 aliphatic carbocycles. The second kappa shape index (κ2) is 9.26. The third-order valence-electron chi connectivity index (χ3n) is 4.71. The van der Waals surface area contributed by atoms with Crippen LogP contribution in [0.2, 0.25) is 0 Å². The molecule has 1 atom stereocenters. The van der Waals surface area contributed by atoms with Crippen LogP contribution in [0.5, 0.6) is 11.5 Å². The number of carbonyl (C=O) groups is 1. The second-order valence-corrected chi connectivity index (χ2v) is 6.51. The zero-order valence-electron chi connectivity index (χ0n) is 16.1. The molecule has 1 aliphatic heterocycles. The molecule has 1 unspecified atom stereocenters. The van der Waals surface area contributed by atoms with Crippen molar-refractivity contribution >= 4 is 12.0 Å². The molecule has 1 aliphatic rings. The highest BCUT2D eigenvalue weighted by atomic mass is 16.5. The van der Waals surface area contributed by atoms with Crippen molar-refractivity contribution in [3.63, 3.8) is 0 Å². The molecule has 1 amide bonds. The molecule has 142 valence electrons. The van der Waals surface area contributed by atoms with Crippen LogP contribution in [0.1, 0.15) is 43.9 Å². The fourth-order valence-electron chi connectivity index (χ4n) is 3.49. The van der Waals surface area contributed by atoms with Crippen molar-refractivity contribution in [2.45, 2.75) is 32.7 Å². The number of likely N-dealkylation sites (tertiary alicyclic amines) is 1. The fourth-order valence-corrected chi connectivity index (χ4v) is 3.49. The van der Waals surface area contributed by atoms with Gasteiger partial charge in [-0.05, 0) is 56.0 Å². The summed E-state index contributed by atoms with van der Waals surface area (Å²) in [5, 5.41) is 0. The maximum Gasteiger partial charge on any atom is 0.247 e. The third kappa shape index (κ3) is 4.70. The monoisotopic (exact) mass is 365 g/mol. The van der Waals surface area contributed by atoms with Crippen LogP contribution < -0.4 is 9.47 Å². The van der Waals surface area contributed by atoms with Crippen LogP contribution >= 0.6 is 0 Å². The van der Waals surface area contributed by atoms with E-state index in [2.05, 4.69) is 12.1 Å². The van der Waals surface area contributed by atoms with Gasteiger partial charge in [0, 0.05) is 12.6 Å². The van der Waals surface area contributed by atoms with Gasteiger partial charge in [0.1, 0.15) is 0 Å². The van der Waals surface area contributed by atoms with Gasteiger partial charge in [0.25, 0.3) is 0 Å². The standard InChI is InChI=1S/C23H27NO3/c1-3-26-21-14-12-18(17-22(21)27-4-2)13-15-23(25)24-16-8-11-20(24)19-9-6-5-7-10-19/h5-7,9-10,12-15,17,20H,3-4,8,11,16H2,1-2H3/b15-13+. The topological polar surface area (TPSA) is 38.8 Å². The first-order valence-electron chi connectivity index (χ1n) is 9.66. The molecule has 2 aromatic carbocycles. The van der Waals surface area contributed by atoms with Gasteiger partial charge < -0.3 is 14.4 Å². The van der Waals surface area contributed by atoms with E-state index < -0.39 is 0 Å². The normalized spacial score (nSPS) is 16.7. The lowest BCUT2D eigenvalue weighted by molar-refractivity contribution is -0.126. The summed E-state index contributed by atoms with van der Waals surface area (Å²) in [5.74, 6) is 1.48. The van der Waals surface area contributed by atoms with Gasteiger partial charge in [-0.1, -0.05) is 36.4 Å². The zero-order chi connectivity index (χ0) is 19.1. The molecule has 2 aromatic rings. The molecular formula is C23H27NO3. The molecule has 4 heteroatoms. The number of rotatable bonds is 7. The van der Waals surface area contributed by atoms with E-state index in [1.165, 1.54) is 5.56 Å². The van der Waals surface area contributed by atoms with Crippen LogP contribution in [0.25, 0.3) is 6.08 Å². The number of carbonyl (C=O) groups excluding carboxylic acids is 1. The first kappa shape index (κ1) is 19.0. The van der Waals surface area contributed by atoms with Crippen molar-refractivity contribution in [3.05, 3.63) is 65.7 Å². The number of ether oxygens (including phenoxy) is 2. The molecule has 0 aromatic heterocycles. The van der Waals surface area contributed by atoms with Gasteiger partial charge in [-0.3, -0.25) is 4.79 Å². The maximum atomic E-state index is 12.8. The van der Waals surface area contributed by atoms with Gasteiger partial charge in [0.15, 0.2) is 11.5 Å². The fraction of sp³-hybridized carbons (Fsp3) is 0.348. The van der Waals surface area contributed by atoms with Gasteiger partial charge in [0.2, 0.25) is 5.91 Å². The molecule has 0 radical (unpaired) electrons. The molecular weight excluding hydrogens is 338 g/mol. The Morgan fingerprint density at radius 2 is 1.81 bits per heavy atom. The summed E-state index contributed by atoms with van der Waals surface area (Å²) < 4.78 is 11.2. The lowest BCUT2D eigenvalue weighted by Crippen LogP contribution is -2.28. The highest BCUT2D eigenvalue weighted by Gasteiger charge is 2.28. The lowest BCUT2D eigenvalue weighted by atomic mass is 10.0. The molecule has 0 saturated carbocycles. The summed E-state index contributed by atoms with van der Waals surface area (Å²) >= 11 is 0. The Hall–Kier alpha value is -2.75. The predicted octanol–water partition coefficient (Wildman–Crippen LogP) is 4.86. The molecule has 1 saturated heterocycles. The molecule has 0 spiro atoms. The van der Waals surface area contributed by atoms with Gasteiger partial charge in [-0.2, -0.15) is 0 Å². The first-order chi connectivity index (χ1) is 13.2.